The minimum atomic E-state index is -0.363. The summed E-state index contributed by atoms with van der Waals surface area (Å²) in [5.74, 6) is -0.351. The van der Waals surface area contributed by atoms with Crippen molar-refractivity contribution in [3.63, 3.8) is 0 Å². The first kappa shape index (κ1) is 9.46. The number of phenolic OH excluding ortho intramolecular Hbond substituents is 1. The molecule has 3 heteroatoms. The van der Waals surface area contributed by atoms with Gasteiger partial charge in [0.15, 0.2) is 0 Å². The third kappa shape index (κ3) is 2.23. The summed E-state index contributed by atoms with van der Waals surface area (Å²) in [7, 11) is 0. The molecule has 1 saturated heterocycles. The van der Waals surface area contributed by atoms with E-state index in [2.05, 4.69) is 5.32 Å². The van der Waals surface area contributed by atoms with Crippen LogP contribution in [0.3, 0.4) is 0 Å². The topological polar surface area (TPSA) is 32.3 Å². The minimum absolute atomic E-state index is 0.0120. The van der Waals surface area contributed by atoms with Gasteiger partial charge in [-0.05, 0) is 43.5 Å². The van der Waals surface area contributed by atoms with Gasteiger partial charge < -0.3 is 10.4 Å². The SMILES string of the molecule is Oc1cc(F)cc(CC2CCCN2)c1. The van der Waals surface area contributed by atoms with Crippen molar-refractivity contribution in [2.75, 3.05) is 6.54 Å². The Balaban J connectivity index is 2.07. The van der Waals surface area contributed by atoms with E-state index in [-0.39, 0.29) is 11.6 Å². The first-order valence-electron chi connectivity index (χ1n) is 4.96. The van der Waals surface area contributed by atoms with Crippen LogP contribution in [0.15, 0.2) is 18.2 Å². The zero-order valence-electron chi connectivity index (χ0n) is 7.96. The molecule has 1 atom stereocenters. The molecule has 2 nitrogen and oxygen atoms in total. The number of benzene rings is 1. The lowest BCUT2D eigenvalue weighted by atomic mass is 10.0. The molecule has 0 aliphatic carbocycles. The highest BCUT2D eigenvalue weighted by atomic mass is 19.1. The smallest absolute Gasteiger partial charge is 0.127 e. The van der Waals surface area contributed by atoms with Crippen molar-refractivity contribution in [2.45, 2.75) is 25.3 Å². The van der Waals surface area contributed by atoms with Crippen LogP contribution in [-0.4, -0.2) is 17.7 Å². The zero-order valence-corrected chi connectivity index (χ0v) is 7.96. The molecule has 1 heterocycles. The minimum Gasteiger partial charge on any atom is -0.508 e. The van der Waals surface area contributed by atoms with Gasteiger partial charge in [-0.15, -0.1) is 0 Å². The Kier molecular flexibility index (Phi) is 2.68. The highest BCUT2D eigenvalue weighted by Gasteiger charge is 2.14. The fourth-order valence-corrected chi connectivity index (χ4v) is 1.97. The van der Waals surface area contributed by atoms with E-state index in [1.165, 1.54) is 12.5 Å². The van der Waals surface area contributed by atoms with Crippen LogP contribution in [0.4, 0.5) is 4.39 Å². The number of nitrogens with one attached hydrogen (secondary N) is 1. The van der Waals surface area contributed by atoms with E-state index in [9.17, 15) is 9.50 Å². The van der Waals surface area contributed by atoms with Crippen LogP contribution in [-0.2, 0) is 6.42 Å². The first-order chi connectivity index (χ1) is 6.74. The molecular formula is C11H14FNO. The Labute approximate surface area is 82.8 Å². The van der Waals surface area contributed by atoms with Crippen molar-refractivity contribution >= 4 is 0 Å². The molecule has 2 rings (SSSR count). The normalized spacial score (nSPS) is 21.4. The van der Waals surface area contributed by atoms with Gasteiger partial charge in [-0.3, -0.25) is 0 Å². The summed E-state index contributed by atoms with van der Waals surface area (Å²) in [5, 5.41) is 12.5. The number of halogens is 1. The molecule has 1 aliphatic rings. The van der Waals surface area contributed by atoms with Crippen molar-refractivity contribution in [1.29, 1.82) is 0 Å². The lowest BCUT2D eigenvalue weighted by Crippen LogP contribution is -2.23. The van der Waals surface area contributed by atoms with Crippen molar-refractivity contribution in [2.24, 2.45) is 0 Å². The summed E-state index contributed by atoms with van der Waals surface area (Å²) < 4.78 is 12.9. The van der Waals surface area contributed by atoms with Gasteiger partial charge in [-0.2, -0.15) is 0 Å². The zero-order chi connectivity index (χ0) is 9.97. The average Bonchev–Trinajstić information content (AvgIpc) is 2.54. The second-order valence-corrected chi connectivity index (χ2v) is 3.82. The number of phenols is 1. The molecule has 2 N–H and O–H groups in total. The van der Waals surface area contributed by atoms with E-state index in [4.69, 9.17) is 0 Å². The van der Waals surface area contributed by atoms with Crippen LogP contribution in [0, 0.1) is 5.82 Å². The molecule has 1 aliphatic heterocycles. The quantitative estimate of drug-likeness (QED) is 0.754. The van der Waals surface area contributed by atoms with Crippen LogP contribution in [0.25, 0.3) is 0 Å². The van der Waals surface area contributed by atoms with Crippen LogP contribution in [0.5, 0.6) is 5.75 Å². The van der Waals surface area contributed by atoms with Gasteiger partial charge in [0.2, 0.25) is 0 Å². The second-order valence-electron chi connectivity index (χ2n) is 3.82. The van der Waals surface area contributed by atoms with Crippen molar-refractivity contribution in [1.82, 2.24) is 5.32 Å². The molecule has 14 heavy (non-hydrogen) atoms. The van der Waals surface area contributed by atoms with Gasteiger partial charge in [0.1, 0.15) is 11.6 Å². The van der Waals surface area contributed by atoms with Crippen LogP contribution in [0.2, 0.25) is 0 Å². The highest BCUT2D eigenvalue weighted by molar-refractivity contribution is 5.29. The maximum Gasteiger partial charge on any atom is 0.127 e. The molecule has 0 aromatic heterocycles. The first-order valence-corrected chi connectivity index (χ1v) is 4.96. The molecule has 0 radical (unpaired) electrons. The number of hydrogen-bond donors (Lipinski definition) is 2. The lowest BCUT2D eigenvalue weighted by Gasteiger charge is -2.10. The average molecular weight is 195 g/mol. The van der Waals surface area contributed by atoms with Crippen LogP contribution >= 0.6 is 0 Å². The molecule has 0 amide bonds. The standard InChI is InChI=1S/C11H14FNO/c12-9-4-8(6-11(14)7-9)5-10-2-1-3-13-10/h4,6-7,10,13-14H,1-3,5H2. The van der Waals surface area contributed by atoms with Gasteiger partial charge in [0.05, 0.1) is 0 Å². The maximum absolute atomic E-state index is 12.9. The summed E-state index contributed by atoms with van der Waals surface area (Å²) in [4.78, 5) is 0. The van der Waals surface area contributed by atoms with E-state index in [0.29, 0.717) is 6.04 Å². The number of rotatable bonds is 2. The predicted molar refractivity (Wildman–Crippen MR) is 52.8 cm³/mol. The third-order valence-corrected chi connectivity index (χ3v) is 2.59. The Morgan fingerprint density at radius 3 is 2.93 bits per heavy atom. The predicted octanol–water partition coefficient (Wildman–Crippen LogP) is 1.83. The van der Waals surface area contributed by atoms with Gasteiger partial charge in [-0.1, -0.05) is 0 Å². The van der Waals surface area contributed by atoms with Gasteiger partial charge in [0.25, 0.3) is 0 Å². The van der Waals surface area contributed by atoms with E-state index in [1.807, 2.05) is 0 Å². The summed E-state index contributed by atoms with van der Waals surface area (Å²) in [5.41, 5.74) is 0.863. The summed E-state index contributed by atoms with van der Waals surface area (Å²) in [6, 6.07) is 4.69. The third-order valence-electron chi connectivity index (χ3n) is 2.59. The van der Waals surface area contributed by atoms with E-state index < -0.39 is 0 Å². The molecule has 1 aromatic rings. The summed E-state index contributed by atoms with van der Waals surface area (Å²) in [6.07, 6.45) is 3.12. The van der Waals surface area contributed by atoms with Crippen molar-refractivity contribution in [3.05, 3.63) is 29.6 Å². The molecular weight excluding hydrogens is 181 g/mol. The Morgan fingerprint density at radius 2 is 2.29 bits per heavy atom. The van der Waals surface area contributed by atoms with Gasteiger partial charge >= 0.3 is 0 Å². The highest BCUT2D eigenvalue weighted by Crippen LogP contribution is 2.18. The van der Waals surface area contributed by atoms with E-state index in [0.717, 1.165) is 31.0 Å². The number of hydrogen-bond acceptors (Lipinski definition) is 2. The molecule has 0 bridgehead atoms. The Morgan fingerprint density at radius 1 is 1.43 bits per heavy atom. The van der Waals surface area contributed by atoms with E-state index in [1.54, 1.807) is 6.07 Å². The monoisotopic (exact) mass is 195 g/mol. The second kappa shape index (κ2) is 3.96. The fraction of sp³-hybridized carbons (Fsp3) is 0.455. The Bertz CT molecular complexity index is 301. The molecule has 1 unspecified atom stereocenters. The van der Waals surface area contributed by atoms with Crippen molar-refractivity contribution in [3.8, 4) is 5.75 Å². The van der Waals surface area contributed by atoms with Crippen molar-refractivity contribution < 1.29 is 9.50 Å². The molecule has 1 fully saturated rings. The van der Waals surface area contributed by atoms with Gasteiger partial charge in [-0.25, -0.2) is 4.39 Å². The largest absolute Gasteiger partial charge is 0.508 e. The van der Waals surface area contributed by atoms with Crippen LogP contribution < -0.4 is 5.32 Å². The maximum atomic E-state index is 12.9. The summed E-state index contributed by atoms with van der Waals surface area (Å²) in [6.45, 7) is 1.05. The fourth-order valence-electron chi connectivity index (χ4n) is 1.97. The van der Waals surface area contributed by atoms with Crippen LogP contribution in [0.1, 0.15) is 18.4 Å². The molecule has 1 aromatic carbocycles. The van der Waals surface area contributed by atoms with E-state index >= 15 is 0 Å². The molecule has 0 saturated carbocycles. The number of aromatic hydroxyl groups is 1. The summed E-state index contributed by atoms with van der Waals surface area (Å²) >= 11 is 0. The lowest BCUT2D eigenvalue weighted by molar-refractivity contribution is 0.467. The molecule has 76 valence electrons. The van der Waals surface area contributed by atoms with Gasteiger partial charge in [0, 0.05) is 12.1 Å². The Hall–Kier alpha value is -1.09. The molecule has 0 spiro atoms.